The largest absolute Gasteiger partial charge is 0.370 e. The minimum absolute atomic E-state index is 0.251. The summed E-state index contributed by atoms with van der Waals surface area (Å²) in [5.41, 5.74) is 0.665. The highest BCUT2D eigenvalue weighted by molar-refractivity contribution is 7.92. The van der Waals surface area contributed by atoms with Gasteiger partial charge in [-0.2, -0.15) is 0 Å². The summed E-state index contributed by atoms with van der Waals surface area (Å²) in [5.74, 6) is 0.818. The molecule has 1 saturated heterocycles. The molecule has 0 saturated carbocycles. The summed E-state index contributed by atoms with van der Waals surface area (Å²) in [6, 6.07) is 12.6. The maximum Gasteiger partial charge on any atom is 0.272 e. The fraction of sp³-hybridized carbons (Fsp3) is 0.450. The molecule has 0 atom stereocenters. The van der Waals surface area contributed by atoms with E-state index in [-0.39, 0.29) is 4.90 Å². The Morgan fingerprint density at radius 3 is 2.54 bits per heavy atom. The summed E-state index contributed by atoms with van der Waals surface area (Å²) >= 11 is 0. The Kier molecular flexibility index (Phi) is 7.24. The zero-order chi connectivity index (χ0) is 19.8. The number of hydrogen-bond donors (Lipinski definition) is 2. The Labute approximate surface area is 167 Å². The van der Waals surface area contributed by atoms with Gasteiger partial charge >= 0.3 is 0 Å². The first-order valence-electron chi connectivity index (χ1n) is 9.86. The van der Waals surface area contributed by atoms with Crippen molar-refractivity contribution in [1.82, 2.24) is 0 Å². The number of rotatable bonds is 9. The standard InChI is InChI=1S/C20H28N4O3S/c1-2-24(18-7-4-3-5-8-18)28(25,26)19-9-10-20(22-17-19)21-11-6-12-23-13-15-27-16-14-23/h3-5,7-10,17H,2,6,11-16H2,1H3,(H,21,22)/p+2. The van der Waals surface area contributed by atoms with Gasteiger partial charge in [0.25, 0.3) is 15.8 Å². The first kappa shape index (κ1) is 20.6. The van der Waals surface area contributed by atoms with Crippen LogP contribution in [0.2, 0.25) is 0 Å². The van der Waals surface area contributed by atoms with E-state index in [9.17, 15) is 8.42 Å². The van der Waals surface area contributed by atoms with Crippen molar-refractivity contribution in [2.45, 2.75) is 18.2 Å². The smallest absolute Gasteiger partial charge is 0.272 e. The van der Waals surface area contributed by atoms with E-state index < -0.39 is 10.0 Å². The van der Waals surface area contributed by atoms with Crippen LogP contribution in [0.15, 0.2) is 53.6 Å². The number of aromatic amines is 1. The van der Waals surface area contributed by atoms with E-state index in [1.165, 1.54) is 4.31 Å². The van der Waals surface area contributed by atoms with Gasteiger partial charge in [-0.05, 0) is 25.1 Å². The summed E-state index contributed by atoms with van der Waals surface area (Å²) in [5, 5.41) is 3.33. The van der Waals surface area contributed by atoms with Gasteiger partial charge in [-0.3, -0.25) is 9.62 Å². The fourth-order valence-corrected chi connectivity index (χ4v) is 4.81. The zero-order valence-corrected chi connectivity index (χ0v) is 17.2. The molecule has 0 unspecified atom stereocenters. The summed E-state index contributed by atoms with van der Waals surface area (Å²) in [7, 11) is -3.60. The van der Waals surface area contributed by atoms with Crippen molar-refractivity contribution in [1.29, 1.82) is 0 Å². The quantitative estimate of drug-likeness (QED) is 0.592. The molecule has 0 amide bonds. The average molecular weight is 407 g/mol. The Morgan fingerprint density at radius 1 is 1.14 bits per heavy atom. The highest BCUT2D eigenvalue weighted by Crippen LogP contribution is 2.22. The molecule has 3 N–H and O–H groups in total. The topological polar surface area (TPSA) is 77.2 Å². The first-order valence-corrected chi connectivity index (χ1v) is 11.3. The Morgan fingerprint density at radius 2 is 1.89 bits per heavy atom. The van der Waals surface area contributed by atoms with E-state index in [0.717, 1.165) is 51.6 Å². The molecule has 7 nitrogen and oxygen atoms in total. The maximum atomic E-state index is 13.0. The van der Waals surface area contributed by atoms with Gasteiger partial charge in [0.05, 0.1) is 32.0 Å². The van der Waals surface area contributed by atoms with Crippen LogP contribution in [-0.4, -0.2) is 54.4 Å². The Balaban J connectivity index is 1.56. The van der Waals surface area contributed by atoms with Crippen molar-refractivity contribution in [3.63, 3.8) is 0 Å². The third-order valence-corrected chi connectivity index (χ3v) is 6.82. The number of H-pyrrole nitrogens is 1. The summed E-state index contributed by atoms with van der Waals surface area (Å²) in [4.78, 5) is 4.90. The minimum atomic E-state index is -3.60. The molecule has 2 heterocycles. The van der Waals surface area contributed by atoms with Gasteiger partial charge < -0.3 is 9.64 Å². The van der Waals surface area contributed by atoms with E-state index in [0.29, 0.717) is 12.2 Å². The molecule has 1 fully saturated rings. The molecule has 1 aromatic carbocycles. The number of anilines is 2. The Bertz CT molecular complexity index is 822. The van der Waals surface area contributed by atoms with Crippen molar-refractivity contribution in [2.24, 2.45) is 0 Å². The van der Waals surface area contributed by atoms with E-state index in [1.807, 2.05) is 25.1 Å². The van der Waals surface area contributed by atoms with Gasteiger partial charge in [0.15, 0.2) is 0 Å². The maximum absolute atomic E-state index is 13.0. The first-order chi connectivity index (χ1) is 13.6. The molecular formula is C20H30N4O3S+2. The van der Waals surface area contributed by atoms with E-state index >= 15 is 0 Å². The van der Waals surface area contributed by atoms with E-state index in [4.69, 9.17) is 4.74 Å². The molecule has 2 aromatic rings. The summed E-state index contributed by atoms with van der Waals surface area (Å²) in [6.45, 7) is 8.02. The number of para-hydroxylation sites is 1. The predicted molar refractivity (Wildman–Crippen MR) is 109 cm³/mol. The average Bonchev–Trinajstić information content (AvgIpc) is 2.73. The fourth-order valence-electron chi connectivity index (χ4n) is 3.37. The monoisotopic (exact) mass is 406 g/mol. The highest BCUT2D eigenvalue weighted by Gasteiger charge is 2.24. The van der Waals surface area contributed by atoms with Crippen molar-refractivity contribution in [3.8, 4) is 0 Å². The number of aromatic nitrogens is 1. The molecular weight excluding hydrogens is 376 g/mol. The van der Waals surface area contributed by atoms with Crippen LogP contribution in [0, 0.1) is 0 Å². The van der Waals surface area contributed by atoms with Crippen molar-refractivity contribution < 1.29 is 23.0 Å². The lowest BCUT2D eigenvalue weighted by molar-refractivity contribution is -0.908. The number of ether oxygens (including phenoxy) is 1. The van der Waals surface area contributed by atoms with Crippen LogP contribution < -0.4 is 19.5 Å². The van der Waals surface area contributed by atoms with E-state index in [2.05, 4.69) is 10.3 Å². The molecule has 1 aromatic heterocycles. The number of hydrogen-bond acceptors (Lipinski definition) is 4. The number of pyridine rings is 1. The van der Waals surface area contributed by atoms with Crippen LogP contribution in [-0.2, 0) is 14.8 Å². The van der Waals surface area contributed by atoms with Crippen molar-refractivity contribution in [2.75, 3.05) is 55.6 Å². The van der Waals surface area contributed by atoms with E-state index in [1.54, 1.807) is 35.4 Å². The van der Waals surface area contributed by atoms with Crippen LogP contribution in [0.3, 0.4) is 0 Å². The second-order valence-corrected chi connectivity index (χ2v) is 8.70. The lowest BCUT2D eigenvalue weighted by atomic mass is 10.3. The third-order valence-electron chi connectivity index (χ3n) is 4.93. The van der Waals surface area contributed by atoms with Gasteiger partial charge in [-0.25, -0.2) is 13.4 Å². The molecule has 1 aliphatic heterocycles. The minimum Gasteiger partial charge on any atom is -0.370 e. The lowest BCUT2D eigenvalue weighted by Gasteiger charge is -2.23. The van der Waals surface area contributed by atoms with Gasteiger partial charge in [0.1, 0.15) is 24.2 Å². The number of benzene rings is 1. The number of nitrogens with zero attached hydrogens (tertiary/aromatic N) is 1. The summed E-state index contributed by atoms with van der Waals surface area (Å²) < 4.78 is 32.8. The van der Waals surface area contributed by atoms with Crippen LogP contribution in [0.5, 0.6) is 0 Å². The molecule has 0 radical (unpaired) electrons. The number of nitrogens with one attached hydrogen (secondary N) is 3. The number of morpholine rings is 1. The molecule has 152 valence electrons. The predicted octanol–water partition coefficient (Wildman–Crippen LogP) is 0.433. The highest BCUT2D eigenvalue weighted by atomic mass is 32.2. The van der Waals surface area contributed by atoms with Crippen LogP contribution in [0.25, 0.3) is 0 Å². The summed E-state index contributed by atoms with van der Waals surface area (Å²) in [6.07, 6.45) is 2.61. The SMILES string of the molecule is CCN(c1ccccc1)S(=O)(=O)c1ccc(NCCC[NH+]2CCOCC2)[nH+]c1. The second kappa shape index (κ2) is 9.86. The van der Waals surface area contributed by atoms with Gasteiger partial charge in [-0.15, -0.1) is 0 Å². The zero-order valence-electron chi connectivity index (χ0n) is 16.4. The normalized spacial score (nSPS) is 15.3. The van der Waals surface area contributed by atoms with Crippen LogP contribution in [0.4, 0.5) is 11.5 Å². The molecule has 8 heteroatoms. The van der Waals surface area contributed by atoms with Gasteiger partial charge in [-0.1, -0.05) is 18.2 Å². The molecule has 0 aliphatic carbocycles. The lowest BCUT2D eigenvalue weighted by Crippen LogP contribution is -3.14. The van der Waals surface area contributed by atoms with Crippen LogP contribution in [0.1, 0.15) is 13.3 Å². The second-order valence-electron chi connectivity index (χ2n) is 6.84. The third kappa shape index (κ3) is 5.21. The molecule has 28 heavy (non-hydrogen) atoms. The molecule has 0 spiro atoms. The van der Waals surface area contributed by atoms with Gasteiger partial charge in [0.2, 0.25) is 0 Å². The number of quaternary nitrogens is 1. The van der Waals surface area contributed by atoms with Gasteiger partial charge in [0, 0.05) is 19.0 Å². The Hall–Kier alpha value is -2.16. The number of sulfonamides is 1. The molecule has 1 aliphatic rings. The van der Waals surface area contributed by atoms with Crippen molar-refractivity contribution >= 4 is 21.5 Å². The molecule has 0 bridgehead atoms. The van der Waals surface area contributed by atoms with Crippen molar-refractivity contribution in [3.05, 3.63) is 48.7 Å². The van der Waals surface area contributed by atoms with Crippen LogP contribution >= 0.6 is 0 Å². The molecule has 3 rings (SSSR count).